The molecule has 70 valence electrons. The first kappa shape index (κ1) is 9.86. The van der Waals surface area contributed by atoms with E-state index in [9.17, 15) is 4.79 Å². The van der Waals surface area contributed by atoms with Crippen molar-refractivity contribution in [3.8, 4) is 0 Å². The zero-order valence-electron chi connectivity index (χ0n) is 7.38. The lowest BCUT2D eigenvalue weighted by Gasteiger charge is -2.13. The predicted molar refractivity (Wildman–Crippen MR) is 52.1 cm³/mol. The van der Waals surface area contributed by atoms with Gasteiger partial charge < -0.3 is 11.1 Å². The van der Waals surface area contributed by atoms with E-state index in [2.05, 4.69) is 5.32 Å². The highest BCUT2D eigenvalue weighted by Crippen LogP contribution is 2.16. The second-order valence-corrected chi connectivity index (χ2v) is 4.42. The van der Waals surface area contributed by atoms with Gasteiger partial charge in [-0.1, -0.05) is 6.92 Å². The molecule has 0 spiro atoms. The van der Waals surface area contributed by atoms with Gasteiger partial charge in [-0.05, 0) is 12.2 Å². The Morgan fingerprint density at radius 3 is 3.08 bits per heavy atom. The van der Waals surface area contributed by atoms with Crippen molar-refractivity contribution in [2.45, 2.75) is 19.4 Å². The molecule has 1 aliphatic rings. The quantitative estimate of drug-likeness (QED) is 0.663. The van der Waals surface area contributed by atoms with Crippen molar-refractivity contribution in [3.05, 3.63) is 0 Å². The minimum Gasteiger partial charge on any atom is -0.369 e. The van der Waals surface area contributed by atoms with Gasteiger partial charge in [0, 0.05) is 24.3 Å². The summed E-state index contributed by atoms with van der Waals surface area (Å²) in [5.41, 5.74) is 5.14. The molecule has 3 N–H and O–H groups in total. The average molecular weight is 188 g/mol. The SMILES string of the molecule is CC(CNC1CCSC1)C(N)=O. The molecule has 12 heavy (non-hydrogen) atoms. The molecule has 0 aromatic carbocycles. The van der Waals surface area contributed by atoms with E-state index in [1.807, 2.05) is 18.7 Å². The Balaban J connectivity index is 2.11. The Morgan fingerprint density at radius 1 is 1.83 bits per heavy atom. The Morgan fingerprint density at radius 2 is 2.58 bits per heavy atom. The molecular formula is C8H16N2OS. The minimum atomic E-state index is -0.215. The molecule has 1 saturated heterocycles. The van der Waals surface area contributed by atoms with Gasteiger partial charge in [-0.25, -0.2) is 0 Å². The number of primary amides is 1. The van der Waals surface area contributed by atoms with Crippen LogP contribution in [0.15, 0.2) is 0 Å². The van der Waals surface area contributed by atoms with Gasteiger partial charge >= 0.3 is 0 Å². The van der Waals surface area contributed by atoms with Crippen LogP contribution in [0.25, 0.3) is 0 Å². The molecule has 0 aromatic rings. The van der Waals surface area contributed by atoms with Gasteiger partial charge in [0.15, 0.2) is 0 Å². The lowest BCUT2D eigenvalue weighted by atomic mass is 10.1. The zero-order chi connectivity index (χ0) is 8.97. The molecule has 0 aliphatic carbocycles. The van der Waals surface area contributed by atoms with Crippen LogP contribution in [0, 0.1) is 5.92 Å². The first-order valence-electron chi connectivity index (χ1n) is 4.30. The van der Waals surface area contributed by atoms with E-state index in [1.54, 1.807) is 0 Å². The number of thioether (sulfide) groups is 1. The van der Waals surface area contributed by atoms with Crippen molar-refractivity contribution in [3.63, 3.8) is 0 Å². The van der Waals surface area contributed by atoms with Gasteiger partial charge in [-0.3, -0.25) is 4.79 Å². The fourth-order valence-corrected chi connectivity index (χ4v) is 2.33. The normalized spacial score (nSPS) is 25.6. The number of nitrogens with one attached hydrogen (secondary N) is 1. The summed E-state index contributed by atoms with van der Waals surface area (Å²) >= 11 is 1.96. The van der Waals surface area contributed by atoms with E-state index in [0.717, 1.165) is 6.54 Å². The fourth-order valence-electron chi connectivity index (χ4n) is 1.14. The second kappa shape index (κ2) is 4.72. The smallest absolute Gasteiger partial charge is 0.221 e. The molecule has 1 aliphatic heterocycles. The summed E-state index contributed by atoms with van der Waals surface area (Å²) in [6.07, 6.45) is 1.22. The number of amides is 1. The van der Waals surface area contributed by atoms with Gasteiger partial charge in [0.05, 0.1) is 0 Å². The summed E-state index contributed by atoms with van der Waals surface area (Å²) in [6.45, 7) is 2.58. The lowest BCUT2D eigenvalue weighted by molar-refractivity contribution is -0.121. The maximum atomic E-state index is 10.7. The van der Waals surface area contributed by atoms with Gasteiger partial charge in [0.25, 0.3) is 0 Å². The van der Waals surface area contributed by atoms with Crippen LogP contribution >= 0.6 is 11.8 Å². The van der Waals surface area contributed by atoms with Crippen molar-refractivity contribution >= 4 is 17.7 Å². The molecule has 1 rings (SSSR count). The van der Waals surface area contributed by atoms with Crippen LogP contribution in [0.2, 0.25) is 0 Å². The van der Waals surface area contributed by atoms with Crippen molar-refractivity contribution < 1.29 is 4.79 Å². The first-order valence-corrected chi connectivity index (χ1v) is 5.46. The highest BCUT2D eigenvalue weighted by molar-refractivity contribution is 7.99. The molecule has 0 aromatic heterocycles. The van der Waals surface area contributed by atoms with Crippen molar-refractivity contribution in [2.75, 3.05) is 18.1 Å². The molecule has 2 unspecified atom stereocenters. The standard InChI is InChI=1S/C8H16N2OS/c1-6(8(9)11)4-10-7-2-3-12-5-7/h6-7,10H,2-5H2,1H3,(H2,9,11). The summed E-state index contributed by atoms with van der Waals surface area (Å²) in [6, 6.07) is 0.594. The van der Waals surface area contributed by atoms with E-state index in [0.29, 0.717) is 6.04 Å². The third-order valence-corrected chi connectivity index (χ3v) is 3.29. The molecular weight excluding hydrogens is 172 g/mol. The van der Waals surface area contributed by atoms with E-state index < -0.39 is 0 Å². The number of nitrogens with two attached hydrogens (primary N) is 1. The molecule has 1 amide bonds. The first-order chi connectivity index (χ1) is 5.70. The second-order valence-electron chi connectivity index (χ2n) is 3.27. The topological polar surface area (TPSA) is 55.1 Å². The van der Waals surface area contributed by atoms with E-state index in [-0.39, 0.29) is 11.8 Å². The highest BCUT2D eigenvalue weighted by atomic mass is 32.2. The molecule has 3 nitrogen and oxygen atoms in total. The van der Waals surface area contributed by atoms with Crippen LogP contribution in [0.4, 0.5) is 0 Å². The molecule has 4 heteroatoms. The Labute approximate surface area is 77.5 Å². The number of hydrogen-bond donors (Lipinski definition) is 2. The van der Waals surface area contributed by atoms with Crippen molar-refractivity contribution in [2.24, 2.45) is 11.7 Å². The molecule has 1 fully saturated rings. The van der Waals surface area contributed by atoms with E-state index in [4.69, 9.17) is 5.73 Å². The Bertz CT molecular complexity index is 157. The monoisotopic (exact) mass is 188 g/mol. The van der Waals surface area contributed by atoms with Gasteiger partial charge in [0.2, 0.25) is 5.91 Å². The maximum absolute atomic E-state index is 10.7. The lowest BCUT2D eigenvalue weighted by Crippen LogP contribution is -2.37. The van der Waals surface area contributed by atoms with Gasteiger partial charge in [-0.2, -0.15) is 11.8 Å². The van der Waals surface area contributed by atoms with Crippen LogP contribution < -0.4 is 11.1 Å². The molecule has 2 atom stereocenters. The number of carbonyl (C=O) groups is 1. The number of hydrogen-bond acceptors (Lipinski definition) is 3. The summed E-state index contributed by atoms with van der Waals surface area (Å²) in [5.74, 6) is 2.15. The van der Waals surface area contributed by atoms with Crippen LogP contribution in [-0.2, 0) is 4.79 Å². The minimum absolute atomic E-state index is 0.0457. The van der Waals surface area contributed by atoms with E-state index >= 15 is 0 Å². The third kappa shape index (κ3) is 3.03. The largest absolute Gasteiger partial charge is 0.369 e. The van der Waals surface area contributed by atoms with Gasteiger partial charge in [-0.15, -0.1) is 0 Å². The summed E-state index contributed by atoms with van der Waals surface area (Å²) < 4.78 is 0. The van der Waals surface area contributed by atoms with Crippen LogP contribution in [0.3, 0.4) is 0 Å². The zero-order valence-corrected chi connectivity index (χ0v) is 8.19. The summed E-state index contributed by atoms with van der Waals surface area (Å²) in [5, 5.41) is 3.34. The number of carbonyl (C=O) groups excluding carboxylic acids is 1. The van der Waals surface area contributed by atoms with Crippen LogP contribution in [0.5, 0.6) is 0 Å². The van der Waals surface area contributed by atoms with Crippen LogP contribution in [0.1, 0.15) is 13.3 Å². The summed E-state index contributed by atoms with van der Waals surface area (Å²) in [7, 11) is 0. The fraction of sp³-hybridized carbons (Fsp3) is 0.875. The Hall–Kier alpha value is -0.220. The van der Waals surface area contributed by atoms with Crippen molar-refractivity contribution in [1.29, 1.82) is 0 Å². The predicted octanol–water partition coefficient (Wildman–Crippen LogP) is 0.203. The Kier molecular flexibility index (Phi) is 3.88. The van der Waals surface area contributed by atoms with E-state index in [1.165, 1.54) is 17.9 Å². The van der Waals surface area contributed by atoms with Gasteiger partial charge in [0.1, 0.15) is 0 Å². The molecule has 0 saturated carbocycles. The van der Waals surface area contributed by atoms with Crippen molar-refractivity contribution in [1.82, 2.24) is 5.32 Å². The molecule has 0 bridgehead atoms. The maximum Gasteiger partial charge on any atom is 0.221 e. The number of rotatable bonds is 4. The molecule has 1 heterocycles. The average Bonchev–Trinajstić information content (AvgIpc) is 2.51. The summed E-state index contributed by atoms with van der Waals surface area (Å²) in [4.78, 5) is 10.7. The highest BCUT2D eigenvalue weighted by Gasteiger charge is 2.16. The van der Waals surface area contributed by atoms with Crippen LogP contribution in [-0.4, -0.2) is 30.0 Å². The molecule has 0 radical (unpaired) electrons. The third-order valence-electron chi connectivity index (χ3n) is 2.13.